The summed E-state index contributed by atoms with van der Waals surface area (Å²) in [6, 6.07) is 0. The van der Waals surface area contributed by atoms with Crippen LogP contribution < -0.4 is 0 Å². The maximum Gasteiger partial charge on any atom is 0.0564 e. The summed E-state index contributed by atoms with van der Waals surface area (Å²) in [6.45, 7) is 6.19. The Bertz CT molecular complexity index is 118. The summed E-state index contributed by atoms with van der Waals surface area (Å²) >= 11 is 13.5. The molecule has 50 valence electrons. The highest BCUT2D eigenvalue weighted by molar-refractivity contribution is 8.92. The lowest BCUT2D eigenvalue weighted by Gasteiger charge is -2.25. The van der Waals surface area contributed by atoms with Crippen molar-refractivity contribution in [3.63, 3.8) is 0 Å². The molecule has 0 aromatic rings. The van der Waals surface area contributed by atoms with E-state index >= 15 is 0 Å². The minimum atomic E-state index is -1.63. The first-order chi connectivity index (χ1) is 3.25. The van der Waals surface area contributed by atoms with E-state index in [1.807, 2.05) is 0 Å². The van der Waals surface area contributed by atoms with Gasteiger partial charge in [0.25, 0.3) is 0 Å². The van der Waals surface area contributed by atoms with Gasteiger partial charge in [0.2, 0.25) is 0 Å². The summed E-state index contributed by atoms with van der Waals surface area (Å²) in [4.78, 5) is 0. The number of thiol groups is 2. The Hall–Kier alpha value is 1.35. The highest BCUT2D eigenvalue weighted by Crippen LogP contribution is 2.65. The average Bonchev–Trinajstić information content (AvgIpc) is 1.25. The highest BCUT2D eigenvalue weighted by Gasteiger charge is 2.23. The van der Waals surface area contributed by atoms with Gasteiger partial charge in [-0.15, -0.1) is 24.5 Å². The number of hydrogen-bond donors (Lipinski definition) is 2. The molecule has 8 heavy (non-hydrogen) atoms. The molecule has 0 N–H and O–H groups in total. The SMILES string of the molecule is CC(C)(C)P(=S)(S)S. The molecule has 0 bridgehead atoms. The molecule has 0 aliphatic rings. The minimum Gasteiger partial charge on any atom is -0.131 e. The molecule has 0 fully saturated rings. The second-order valence-corrected chi connectivity index (χ2v) is 13.0. The molecule has 0 aromatic carbocycles. The second kappa shape index (κ2) is 2.53. The van der Waals surface area contributed by atoms with Crippen molar-refractivity contribution in [3.8, 4) is 0 Å². The van der Waals surface area contributed by atoms with Crippen LogP contribution in [0.4, 0.5) is 0 Å². The number of hydrogen-bond acceptors (Lipinski definition) is 1. The van der Waals surface area contributed by atoms with Gasteiger partial charge in [-0.05, 0) is 0 Å². The minimum absolute atomic E-state index is 0.0918. The summed E-state index contributed by atoms with van der Waals surface area (Å²) in [5.41, 5.74) is 0. The fourth-order valence-corrected chi connectivity index (χ4v) is 0. The van der Waals surface area contributed by atoms with Crippen LogP contribution in [-0.2, 0) is 11.8 Å². The van der Waals surface area contributed by atoms with Gasteiger partial charge in [0.1, 0.15) is 0 Å². The molecule has 4 heteroatoms. The largest absolute Gasteiger partial charge is 0.131 e. The van der Waals surface area contributed by atoms with Crippen molar-refractivity contribution in [2.75, 3.05) is 0 Å². The molecule has 0 nitrogen and oxygen atoms in total. The van der Waals surface area contributed by atoms with Gasteiger partial charge < -0.3 is 0 Å². The van der Waals surface area contributed by atoms with E-state index in [0.29, 0.717) is 0 Å². The highest BCUT2D eigenvalue weighted by atomic mass is 33.2. The molecular formula is C4H11PS3. The Morgan fingerprint density at radius 2 is 1.38 bits per heavy atom. The summed E-state index contributed by atoms with van der Waals surface area (Å²) < 4.78 is -1.63. The smallest absolute Gasteiger partial charge is 0.0564 e. The molecular weight excluding hydrogens is 175 g/mol. The first kappa shape index (κ1) is 9.35. The molecule has 0 amide bonds. The zero-order valence-electron chi connectivity index (χ0n) is 5.25. The van der Waals surface area contributed by atoms with E-state index in [2.05, 4.69) is 45.3 Å². The molecule has 0 heterocycles. The third-order valence-corrected chi connectivity index (χ3v) is 7.86. The van der Waals surface area contributed by atoms with Gasteiger partial charge in [0.15, 0.2) is 0 Å². The van der Waals surface area contributed by atoms with Gasteiger partial charge in [-0.25, -0.2) is 0 Å². The number of rotatable bonds is 0. The predicted molar refractivity (Wildman–Crippen MR) is 52.0 cm³/mol. The van der Waals surface area contributed by atoms with Crippen molar-refractivity contribution in [3.05, 3.63) is 0 Å². The molecule has 0 saturated heterocycles. The molecule has 0 radical (unpaired) electrons. The van der Waals surface area contributed by atoms with Crippen molar-refractivity contribution >= 4 is 40.7 Å². The maximum atomic E-state index is 5.06. The van der Waals surface area contributed by atoms with Crippen LogP contribution in [0.25, 0.3) is 0 Å². The van der Waals surface area contributed by atoms with E-state index in [1.165, 1.54) is 0 Å². The van der Waals surface area contributed by atoms with E-state index < -0.39 is 4.44 Å². The van der Waals surface area contributed by atoms with Crippen molar-refractivity contribution in [1.29, 1.82) is 0 Å². The lowest BCUT2D eigenvalue weighted by molar-refractivity contribution is 0.799. The Labute approximate surface area is 66.8 Å². The monoisotopic (exact) mass is 186 g/mol. The van der Waals surface area contributed by atoms with Crippen LogP contribution in [0.5, 0.6) is 0 Å². The fraction of sp³-hybridized carbons (Fsp3) is 1.00. The maximum absolute atomic E-state index is 5.06. The van der Waals surface area contributed by atoms with E-state index in [-0.39, 0.29) is 5.16 Å². The van der Waals surface area contributed by atoms with Gasteiger partial charge in [0, 0.05) is 5.16 Å². The lowest BCUT2D eigenvalue weighted by Crippen LogP contribution is -2.07. The first-order valence-corrected chi connectivity index (χ1v) is 7.41. The zero-order valence-corrected chi connectivity index (χ0v) is 8.75. The van der Waals surface area contributed by atoms with Crippen molar-refractivity contribution < 1.29 is 0 Å². The Kier molecular flexibility index (Phi) is 2.96. The quantitative estimate of drug-likeness (QED) is 0.433. The molecule has 0 spiro atoms. The Morgan fingerprint density at radius 1 is 1.25 bits per heavy atom. The van der Waals surface area contributed by atoms with E-state index in [1.54, 1.807) is 0 Å². The van der Waals surface area contributed by atoms with Crippen LogP contribution in [0.1, 0.15) is 20.8 Å². The molecule has 0 atom stereocenters. The summed E-state index contributed by atoms with van der Waals surface area (Å²) in [5, 5.41) is 0.0918. The van der Waals surface area contributed by atoms with Crippen molar-refractivity contribution in [2.24, 2.45) is 0 Å². The topological polar surface area (TPSA) is 0 Å². The van der Waals surface area contributed by atoms with Gasteiger partial charge in [-0.3, -0.25) is 0 Å². The van der Waals surface area contributed by atoms with Crippen LogP contribution in [0.3, 0.4) is 0 Å². The Morgan fingerprint density at radius 3 is 1.38 bits per heavy atom. The van der Waals surface area contributed by atoms with E-state index in [0.717, 1.165) is 0 Å². The molecule has 0 saturated carbocycles. The van der Waals surface area contributed by atoms with Crippen molar-refractivity contribution in [1.82, 2.24) is 0 Å². The molecule has 0 rings (SSSR count). The van der Waals surface area contributed by atoms with Gasteiger partial charge >= 0.3 is 0 Å². The van der Waals surface area contributed by atoms with Crippen LogP contribution in [0, 0.1) is 0 Å². The zero-order chi connectivity index (χ0) is 7.00. The normalized spacial score (nSPS) is 14.1. The van der Waals surface area contributed by atoms with Crippen LogP contribution in [0.2, 0.25) is 0 Å². The van der Waals surface area contributed by atoms with E-state index in [9.17, 15) is 0 Å². The fourth-order valence-electron chi connectivity index (χ4n) is 0. The van der Waals surface area contributed by atoms with Crippen LogP contribution in [0.15, 0.2) is 0 Å². The molecule has 0 aliphatic carbocycles. The van der Waals surface area contributed by atoms with Gasteiger partial charge in [-0.2, -0.15) is 0 Å². The van der Waals surface area contributed by atoms with Crippen LogP contribution in [-0.4, -0.2) is 5.16 Å². The molecule has 0 aliphatic heterocycles. The van der Waals surface area contributed by atoms with Crippen LogP contribution >= 0.6 is 28.9 Å². The van der Waals surface area contributed by atoms with Gasteiger partial charge in [0.05, 0.1) is 4.44 Å². The third-order valence-electron chi connectivity index (χ3n) is 0.874. The third kappa shape index (κ3) is 2.77. The standard InChI is InChI=1S/C4H11PS3/c1-4(2,3)5(6,7)8/h1-3H3,(H2,6,7,8). The summed E-state index contributed by atoms with van der Waals surface area (Å²) in [5.74, 6) is 0. The molecule has 0 aromatic heterocycles. The summed E-state index contributed by atoms with van der Waals surface area (Å²) in [7, 11) is 0. The second-order valence-electron chi connectivity index (χ2n) is 2.71. The average molecular weight is 186 g/mol. The van der Waals surface area contributed by atoms with Gasteiger partial charge in [-0.1, -0.05) is 32.6 Å². The summed E-state index contributed by atoms with van der Waals surface area (Å²) in [6.07, 6.45) is 0. The lowest BCUT2D eigenvalue weighted by atomic mass is 10.3. The molecule has 0 unspecified atom stereocenters. The Balaban J connectivity index is 4.26. The van der Waals surface area contributed by atoms with E-state index in [4.69, 9.17) is 11.8 Å². The van der Waals surface area contributed by atoms with Crippen molar-refractivity contribution in [2.45, 2.75) is 25.9 Å². The predicted octanol–water partition coefficient (Wildman–Crippen LogP) is 2.95. The first-order valence-electron chi connectivity index (χ1n) is 2.31.